The number of hydrogen-bond acceptors (Lipinski definition) is 7. The Balaban J connectivity index is 1.21. The molecule has 0 spiro atoms. The van der Waals surface area contributed by atoms with Crippen molar-refractivity contribution in [3.8, 4) is 11.1 Å². The summed E-state index contributed by atoms with van der Waals surface area (Å²) in [5.74, 6) is -1.14. The summed E-state index contributed by atoms with van der Waals surface area (Å²) in [6.45, 7) is 3.61. The molecule has 12 heteroatoms. The van der Waals surface area contributed by atoms with Gasteiger partial charge in [-0.3, -0.25) is 14.4 Å². The van der Waals surface area contributed by atoms with Crippen LogP contribution in [0.1, 0.15) is 48.2 Å². The number of carbonyl (C=O) groups is 1. The second kappa shape index (κ2) is 13.0. The molecule has 0 aliphatic carbocycles. The highest BCUT2D eigenvalue weighted by Gasteiger charge is 2.32. The quantitative estimate of drug-likeness (QED) is 0.299. The molecule has 1 N–H and O–H groups in total. The molecule has 2 aliphatic rings. The van der Waals surface area contributed by atoms with Gasteiger partial charge in [-0.25, -0.2) is 17.8 Å². The highest BCUT2D eigenvalue weighted by atomic mass is 32.2. The average molecular weight is 634 g/mol. The maximum atomic E-state index is 14.9. The van der Waals surface area contributed by atoms with E-state index in [0.29, 0.717) is 31.7 Å². The molecule has 2 fully saturated rings. The van der Waals surface area contributed by atoms with Gasteiger partial charge in [-0.1, -0.05) is 18.6 Å². The van der Waals surface area contributed by atoms with Crippen molar-refractivity contribution < 1.29 is 17.6 Å². The highest BCUT2D eigenvalue weighted by Crippen LogP contribution is 2.30. The van der Waals surface area contributed by atoms with E-state index >= 15 is 0 Å². The lowest BCUT2D eigenvalue weighted by Crippen LogP contribution is -2.44. The molecule has 1 amide bonds. The number of nitrogens with zero attached hydrogens (tertiary/aromatic N) is 6. The second-order valence-corrected chi connectivity index (χ2v) is 14.2. The van der Waals surface area contributed by atoms with Gasteiger partial charge in [-0.15, -0.1) is 0 Å². The Morgan fingerprint density at radius 3 is 2.47 bits per heavy atom. The van der Waals surface area contributed by atoms with Crippen LogP contribution >= 0.6 is 0 Å². The summed E-state index contributed by atoms with van der Waals surface area (Å²) in [4.78, 5) is 21.7. The number of aryl methyl sites for hydroxylation is 1. The van der Waals surface area contributed by atoms with Crippen LogP contribution in [-0.2, 0) is 23.6 Å². The van der Waals surface area contributed by atoms with Gasteiger partial charge in [-0.05, 0) is 94.1 Å². The predicted molar refractivity (Wildman–Crippen MR) is 173 cm³/mol. The van der Waals surface area contributed by atoms with E-state index < -0.39 is 26.6 Å². The number of anilines is 1. The Hall–Kier alpha value is -3.71. The van der Waals surface area contributed by atoms with E-state index in [2.05, 4.69) is 37.3 Å². The van der Waals surface area contributed by atoms with Crippen molar-refractivity contribution in [3.63, 3.8) is 0 Å². The van der Waals surface area contributed by atoms with Gasteiger partial charge in [0.15, 0.2) is 0 Å². The van der Waals surface area contributed by atoms with Crippen molar-refractivity contribution >= 4 is 32.5 Å². The molecular formula is C33H40FN7O3S. The predicted octanol–water partition coefficient (Wildman–Crippen LogP) is 4.73. The molecule has 2 aliphatic heterocycles. The number of sulfonamides is 1. The maximum Gasteiger partial charge on any atom is 0.256 e. The van der Waals surface area contributed by atoms with Gasteiger partial charge >= 0.3 is 0 Å². The third-order valence-corrected chi connectivity index (χ3v) is 11.0. The zero-order valence-corrected chi connectivity index (χ0v) is 26.9. The van der Waals surface area contributed by atoms with Crippen molar-refractivity contribution in [2.45, 2.75) is 49.6 Å². The summed E-state index contributed by atoms with van der Waals surface area (Å²) in [5.41, 5.74) is 3.28. The van der Waals surface area contributed by atoms with Gasteiger partial charge in [0, 0.05) is 55.4 Å². The molecule has 2 aromatic carbocycles. The van der Waals surface area contributed by atoms with Gasteiger partial charge in [0.1, 0.15) is 16.5 Å². The number of aromatic nitrogens is 3. The van der Waals surface area contributed by atoms with Crippen LogP contribution in [0.4, 0.5) is 10.2 Å². The molecule has 10 nitrogen and oxygen atoms in total. The average Bonchev–Trinajstić information content (AvgIpc) is 3.40. The Bertz CT molecular complexity index is 1810. The summed E-state index contributed by atoms with van der Waals surface area (Å²) in [7, 11) is 1.80. The smallest absolute Gasteiger partial charge is 0.256 e. The fourth-order valence-electron chi connectivity index (χ4n) is 6.37. The van der Waals surface area contributed by atoms with Crippen LogP contribution in [0.15, 0.2) is 59.8 Å². The van der Waals surface area contributed by atoms with Crippen LogP contribution in [0.3, 0.4) is 0 Å². The van der Waals surface area contributed by atoms with E-state index in [4.69, 9.17) is 0 Å². The molecule has 2 aromatic heterocycles. The van der Waals surface area contributed by atoms with E-state index in [1.54, 1.807) is 12.3 Å². The van der Waals surface area contributed by atoms with E-state index in [-0.39, 0.29) is 11.6 Å². The first kappa shape index (κ1) is 31.3. The molecule has 0 unspecified atom stereocenters. The molecule has 4 heterocycles. The second-order valence-electron chi connectivity index (χ2n) is 12.3. The molecule has 0 radical (unpaired) electrons. The largest absolute Gasteiger partial charge is 0.307 e. The zero-order valence-electron chi connectivity index (χ0n) is 26.0. The minimum absolute atomic E-state index is 0.0338. The van der Waals surface area contributed by atoms with Gasteiger partial charge in [0.05, 0.1) is 11.9 Å². The lowest BCUT2D eigenvalue weighted by Gasteiger charge is -2.34. The number of halogens is 1. The number of fused-ring (bicyclic) bond motifs is 1. The SMILES string of the molecule is CN(C)C1CCN(S(=O)(=O)c2cc(C(=O)Nc3cc4cc(-c5cnn(C)c5CN5CCCCC5)ccc4cn3)ccc2F)CC1. The molecule has 45 heavy (non-hydrogen) atoms. The number of rotatable bonds is 8. The van der Waals surface area contributed by atoms with Gasteiger partial charge in [-0.2, -0.15) is 9.40 Å². The molecule has 238 valence electrons. The Labute approximate surface area is 263 Å². The van der Waals surface area contributed by atoms with Crippen LogP contribution in [0, 0.1) is 5.82 Å². The molecule has 0 saturated carbocycles. The number of piperidine rings is 2. The molecule has 0 bridgehead atoms. The first-order chi connectivity index (χ1) is 21.6. The summed E-state index contributed by atoms with van der Waals surface area (Å²) in [5, 5.41) is 9.10. The molecular weight excluding hydrogens is 593 g/mol. The van der Waals surface area contributed by atoms with Crippen LogP contribution < -0.4 is 5.32 Å². The molecule has 4 aromatic rings. The Morgan fingerprint density at radius 1 is 0.978 bits per heavy atom. The summed E-state index contributed by atoms with van der Waals surface area (Å²) >= 11 is 0. The molecule has 0 atom stereocenters. The molecule has 2 saturated heterocycles. The number of benzene rings is 2. The van der Waals surface area contributed by atoms with Crippen molar-refractivity contribution in [2.24, 2.45) is 7.05 Å². The highest BCUT2D eigenvalue weighted by molar-refractivity contribution is 7.89. The van der Waals surface area contributed by atoms with E-state index in [1.807, 2.05) is 38.1 Å². The van der Waals surface area contributed by atoms with Gasteiger partial charge in [0.25, 0.3) is 5.91 Å². The minimum Gasteiger partial charge on any atom is -0.307 e. The van der Waals surface area contributed by atoms with E-state index in [9.17, 15) is 17.6 Å². The van der Waals surface area contributed by atoms with Crippen LogP contribution in [0.2, 0.25) is 0 Å². The lowest BCUT2D eigenvalue weighted by atomic mass is 10.0. The zero-order chi connectivity index (χ0) is 31.7. The number of nitrogens with one attached hydrogen (secondary N) is 1. The lowest BCUT2D eigenvalue weighted by molar-refractivity contribution is 0.102. The van der Waals surface area contributed by atoms with Crippen molar-refractivity contribution in [1.29, 1.82) is 0 Å². The summed E-state index contributed by atoms with van der Waals surface area (Å²) < 4.78 is 44.8. The minimum atomic E-state index is -4.11. The summed E-state index contributed by atoms with van der Waals surface area (Å²) in [6.07, 6.45) is 8.61. The standard InChI is InChI=1S/C33H40FN7O3S/c1-38(2)27-11-15-41(16-12-27)45(43,44)31-18-24(9-10-29(31)34)33(42)37-32-19-26-17-23(7-8-25(26)20-35-32)28-21-36-39(3)30(28)22-40-13-5-4-6-14-40/h7-10,17-21,27H,4-6,11-16,22H2,1-3H3,(H,35,37,42). The van der Waals surface area contributed by atoms with Crippen LogP contribution in [0.25, 0.3) is 21.9 Å². The fourth-order valence-corrected chi connectivity index (χ4v) is 7.93. The number of likely N-dealkylation sites (tertiary alicyclic amines) is 1. The van der Waals surface area contributed by atoms with Gasteiger partial charge < -0.3 is 10.2 Å². The fraction of sp³-hybridized carbons (Fsp3) is 0.424. The number of pyridine rings is 1. The van der Waals surface area contributed by atoms with Crippen LogP contribution in [0.5, 0.6) is 0 Å². The van der Waals surface area contributed by atoms with Crippen LogP contribution in [-0.4, -0.2) is 89.5 Å². The first-order valence-electron chi connectivity index (χ1n) is 15.5. The summed E-state index contributed by atoms with van der Waals surface area (Å²) in [6, 6.07) is 11.6. The van der Waals surface area contributed by atoms with Crippen molar-refractivity contribution in [2.75, 3.05) is 45.6 Å². The third-order valence-electron chi connectivity index (χ3n) is 9.12. The van der Waals surface area contributed by atoms with Crippen molar-refractivity contribution in [1.82, 2.24) is 28.9 Å². The first-order valence-corrected chi connectivity index (χ1v) is 16.9. The number of amides is 1. The third kappa shape index (κ3) is 6.64. The topological polar surface area (TPSA) is 104 Å². The molecule has 6 rings (SSSR count). The number of hydrogen-bond donors (Lipinski definition) is 1. The maximum absolute atomic E-state index is 14.9. The Morgan fingerprint density at radius 2 is 1.73 bits per heavy atom. The van der Waals surface area contributed by atoms with E-state index in [0.717, 1.165) is 59.4 Å². The monoisotopic (exact) mass is 633 g/mol. The van der Waals surface area contributed by atoms with Crippen molar-refractivity contribution in [3.05, 3.63) is 71.9 Å². The normalized spacial score (nSPS) is 17.3. The Kier molecular flexibility index (Phi) is 9.00. The van der Waals surface area contributed by atoms with Gasteiger partial charge in [0.2, 0.25) is 10.0 Å². The number of carbonyl (C=O) groups excluding carboxylic acids is 1. The van der Waals surface area contributed by atoms with E-state index in [1.165, 1.54) is 29.6 Å².